The van der Waals surface area contributed by atoms with Crippen molar-refractivity contribution in [2.75, 3.05) is 13.6 Å². The van der Waals surface area contributed by atoms with Crippen LogP contribution in [0.25, 0.3) is 0 Å². The molecule has 144 valence electrons. The van der Waals surface area contributed by atoms with Crippen molar-refractivity contribution in [2.45, 2.75) is 51.0 Å². The minimum Gasteiger partial charge on any atom is -0.352 e. The molecule has 3 atom stereocenters. The minimum atomic E-state index is -3.72. The Hall–Kier alpha value is -1.11. The molecule has 26 heavy (non-hydrogen) atoms. The van der Waals surface area contributed by atoms with E-state index in [1.54, 1.807) is 0 Å². The van der Waals surface area contributed by atoms with Gasteiger partial charge in [-0.15, -0.1) is 0 Å². The van der Waals surface area contributed by atoms with Crippen LogP contribution in [0.1, 0.15) is 40.0 Å². The molecule has 0 radical (unpaired) electrons. The Bertz CT molecular complexity index is 807. The molecule has 3 rings (SSSR count). The molecule has 0 unspecified atom stereocenters. The third-order valence-electron chi connectivity index (χ3n) is 7.02. The fourth-order valence-corrected chi connectivity index (χ4v) is 5.99. The third kappa shape index (κ3) is 3.06. The SMILES string of the molecule is CN(CC(=O)N[C@@H]1C[C@H]2CC[C@@]1(C)C2(C)C)S(=O)(=O)c1ccc(Cl)cc1. The largest absolute Gasteiger partial charge is 0.352 e. The van der Waals surface area contributed by atoms with Gasteiger partial charge in [-0.25, -0.2) is 8.42 Å². The van der Waals surface area contributed by atoms with Crippen LogP contribution in [0.4, 0.5) is 0 Å². The monoisotopic (exact) mass is 398 g/mol. The van der Waals surface area contributed by atoms with E-state index in [-0.39, 0.29) is 34.2 Å². The molecule has 1 aromatic carbocycles. The van der Waals surface area contributed by atoms with Crippen LogP contribution in [0.15, 0.2) is 29.2 Å². The number of carbonyl (C=O) groups is 1. The summed E-state index contributed by atoms with van der Waals surface area (Å²) in [7, 11) is -2.29. The molecule has 0 aromatic heterocycles. The molecular formula is C19H27ClN2O3S. The highest BCUT2D eigenvalue weighted by molar-refractivity contribution is 7.89. The predicted octanol–water partition coefficient (Wildman–Crippen LogP) is 3.29. The number of benzene rings is 1. The second-order valence-corrected chi connectivity index (χ2v) is 10.9. The quantitative estimate of drug-likeness (QED) is 0.827. The summed E-state index contributed by atoms with van der Waals surface area (Å²) in [4.78, 5) is 12.7. The molecule has 1 amide bonds. The normalized spacial score (nSPS) is 29.9. The fourth-order valence-electron chi connectivity index (χ4n) is 4.74. The lowest BCUT2D eigenvalue weighted by atomic mass is 9.69. The zero-order chi connectivity index (χ0) is 19.3. The van der Waals surface area contributed by atoms with Gasteiger partial charge in [0, 0.05) is 18.1 Å². The van der Waals surface area contributed by atoms with E-state index in [1.165, 1.54) is 37.7 Å². The van der Waals surface area contributed by atoms with Crippen molar-refractivity contribution < 1.29 is 13.2 Å². The molecule has 1 N–H and O–H groups in total. The van der Waals surface area contributed by atoms with Crippen LogP contribution in [-0.4, -0.2) is 38.3 Å². The average molecular weight is 399 g/mol. The van der Waals surface area contributed by atoms with Crippen LogP contribution < -0.4 is 5.32 Å². The van der Waals surface area contributed by atoms with Gasteiger partial charge < -0.3 is 5.32 Å². The van der Waals surface area contributed by atoms with Gasteiger partial charge in [0.2, 0.25) is 15.9 Å². The molecule has 0 aliphatic heterocycles. The fraction of sp³-hybridized carbons (Fsp3) is 0.632. The third-order valence-corrected chi connectivity index (χ3v) is 9.09. The average Bonchev–Trinajstić information content (AvgIpc) is 2.88. The Balaban J connectivity index is 1.66. The summed E-state index contributed by atoms with van der Waals surface area (Å²) in [5.74, 6) is 0.368. The van der Waals surface area contributed by atoms with Gasteiger partial charge in [-0.2, -0.15) is 4.31 Å². The number of nitrogens with one attached hydrogen (secondary N) is 1. The summed E-state index contributed by atoms with van der Waals surface area (Å²) in [6, 6.07) is 6.06. The first-order valence-electron chi connectivity index (χ1n) is 9.00. The van der Waals surface area contributed by atoms with Gasteiger partial charge in [-0.3, -0.25) is 4.79 Å². The molecule has 0 heterocycles. The van der Waals surface area contributed by atoms with Crippen LogP contribution in [0.2, 0.25) is 5.02 Å². The Kier molecular flexibility index (Phi) is 4.91. The Morgan fingerprint density at radius 1 is 1.27 bits per heavy atom. The van der Waals surface area contributed by atoms with E-state index in [0.29, 0.717) is 10.9 Å². The van der Waals surface area contributed by atoms with E-state index in [0.717, 1.165) is 17.1 Å². The summed E-state index contributed by atoms with van der Waals surface area (Å²) in [5, 5.41) is 3.57. The molecule has 0 saturated heterocycles. The summed E-state index contributed by atoms with van der Waals surface area (Å²) in [6.45, 7) is 6.63. The smallest absolute Gasteiger partial charge is 0.243 e. The molecule has 2 aliphatic carbocycles. The van der Waals surface area contributed by atoms with E-state index >= 15 is 0 Å². The van der Waals surface area contributed by atoms with E-state index < -0.39 is 10.0 Å². The lowest BCUT2D eigenvalue weighted by Crippen LogP contribution is -2.49. The number of halogens is 1. The maximum atomic E-state index is 12.6. The Morgan fingerprint density at radius 2 is 1.88 bits per heavy atom. The van der Waals surface area contributed by atoms with Crippen LogP contribution in [0.5, 0.6) is 0 Å². The minimum absolute atomic E-state index is 0.0704. The van der Waals surface area contributed by atoms with Crippen molar-refractivity contribution in [3.05, 3.63) is 29.3 Å². The number of amides is 1. The lowest BCUT2D eigenvalue weighted by Gasteiger charge is -2.39. The van der Waals surface area contributed by atoms with E-state index in [2.05, 4.69) is 26.1 Å². The first-order valence-corrected chi connectivity index (χ1v) is 10.8. The van der Waals surface area contributed by atoms with Crippen molar-refractivity contribution in [2.24, 2.45) is 16.7 Å². The number of rotatable bonds is 5. The molecule has 7 heteroatoms. The predicted molar refractivity (Wildman–Crippen MR) is 102 cm³/mol. The molecular weight excluding hydrogens is 372 g/mol. The number of fused-ring (bicyclic) bond motifs is 2. The topological polar surface area (TPSA) is 66.5 Å². The summed E-state index contributed by atoms with van der Waals surface area (Å²) >= 11 is 5.82. The number of carbonyl (C=O) groups excluding carboxylic acids is 1. The number of sulfonamides is 1. The van der Waals surface area contributed by atoms with Crippen molar-refractivity contribution in [3.63, 3.8) is 0 Å². The highest BCUT2D eigenvalue weighted by atomic mass is 35.5. The van der Waals surface area contributed by atoms with Crippen LogP contribution in [0.3, 0.4) is 0 Å². The van der Waals surface area contributed by atoms with Crippen molar-refractivity contribution in [1.29, 1.82) is 0 Å². The molecule has 2 aliphatic rings. The molecule has 1 aromatic rings. The molecule has 2 fully saturated rings. The molecule has 0 spiro atoms. The van der Waals surface area contributed by atoms with Crippen LogP contribution in [-0.2, 0) is 14.8 Å². The zero-order valence-electron chi connectivity index (χ0n) is 15.8. The van der Waals surface area contributed by atoms with E-state index in [4.69, 9.17) is 11.6 Å². The van der Waals surface area contributed by atoms with Crippen molar-refractivity contribution >= 4 is 27.5 Å². The number of nitrogens with zero attached hydrogens (tertiary/aromatic N) is 1. The van der Waals surface area contributed by atoms with Gasteiger partial charge in [-0.05, 0) is 60.3 Å². The number of hydrogen-bond acceptors (Lipinski definition) is 3. The Labute approximate surface area is 161 Å². The first-order chi connectivity index (χ1) is 12.0. The number of hydrogen-bond donors (Lipinski definition) is 1. The van der Waals surface area contributed by atoms with Crippen LogP contribution in [0, 0.1) is 16.7 Å². The van der Waals surface area contributed by atoms with Gasteiger partial charge >= 0.3 is 0 Å². The van der Waals surface area contributed by atoms with E-state index in [1.807, 2.05) is 0 Å². The highest BCUT2D eigenvalue weighted by Crippen LogP contribution is 2.65. The molecule has 2 bridgehead atoms. The summed E-state index contributed by atoms with van der Waals surface area (Å²) < 4.78 is 26.3. The van der Waals surface area contributed by atoms with Gasteiger partial charge in [0.15, 0.2) is 0 Å². The van der Waals surface area contributed by atoms with Crippen LogP contribution >= 0.6 is 11.6 Å². The maximum Gasteiger partial charge on any atom is 0.243 e. The summed E-state index contributed by atoms with van der Waals surface area (Å²) in [6.07, 6.45) is 3.29. The second kappa shape index (κ2) is 6.50. The van der Waals surface area contributed by atoms with Crippen molar-refractivity contribution in [3.8, 4) is 0 Å². The standard InChI is InChI=1S/C19H27ClN2O3S/c1-18(2)13-9-10-19(18,3)16(11-13)21-17(23)12-22(4)26(24,25)15-7-5-14(20)6-8-15/h5-8,13,16H,9-12H2,1-4H3,(H,21,23)/t13-,16-,19-/m1/s1. The van der Waals surface area contributed by atoms with Crippen molar-refractivity contribution in [1.82, 2.24) is 9.62 Å². The van der Waals surface area contributed by atoms with Gasteiger partial charge in [-0.1, -0.05) is 32.4 Å². The Morgan fingerprint density at radius 3 is 2.38 bits per heavy atom. The molecule has 5 nitrogen and oxygen atoms in total. The zero-order valence-corrected chi connectivity index (χ0v) is 17.3. The number of likely N-dealkylation sites (N-methyl/N-ethyl adjacent to an activating group) is 1. The maximum absolute atomic E-state index is 12.6. The van der Waals surface area contributed by atoms with Gasteiger partial charge in [0.1, 0.15) is 0 Å². The first kappa shape index (κ1) is 19.6. The summed E-state index contributed by atoms with van der Waals surface area (Å²) in [5.41, 5.74) is 0.271. The second-order valence-electron chi connectivity index (χ2n) is 8.45. The van der Waals surface area contributed by atoms with E-state index in [9.17, 15) is 13.2 Å². The molecule has 2 saturated carbocycles. The lowest BCUT2D eigenvalue weighted by molar-refractivity contribution is -0.122. The van der Waals surface area contributed by atoms with Gasteiger partial charge in [0.25, 0.3) is 0 Å². The highest BCUT2D eigenvalue weighted by Gasteiger charge is 2.61. The van der Waals surface area contributed by atoms with Gasteiger partial charge in [0.05, 0.1) is 11.4 Å².